The Morgan fingerprint density at radius 2 is 1.77 bits per heavy atom. The first-order chi connectivity index (χ1) is 14.5. The fraction of sp³-hybridized carbons (Fsp3) is 0.417. The molecule has 0 saturated carbocycles. The van der Waals surface area contributed by atoms with Crippen LogP contribution < -0.4 is 15.4 Å². The maximum atomic E-state index is 12.6. The number of hydrogen-bond acceptors (Lipinski definition) is 4. The highest BCUT2D eigenvalue weighted by molar-refractivity contribution is 5.97. The number of hydrogen-bond donors (Lipinski definition) is 3. The van der Waals surface area contributed by atoms with Gasteiger partial charge in [-0.2, -0.15) is 0 Å². The maximum absolute atomic E-state index is 12.6. The first-order valence-electron chi connectivity index (χ1n) is 10.7. The molecule has 2 aromatic rings. The van der Waals surface area contributed by atoms with Gasteiger partial charge in [0.05, 0.1) is 12.3 Å². The van der Waals surface area contributed by atoms with Crippen molar-refractivity contribution in [3.63, 3.8) is 0 Å². The van der Waals surface area contributed by atoms with Crippen LogP contribution in [0.15, 0.2) is 42.5 Å². The quantitative estimate of drug-likeness (QED) is 0.442. The highest BCUT2D eigenvalue weighted by atomic mass is 16.5. The van der Waals surface area contributed by atoms with Gasteiger partial charge in [-0.3, -0.25) is 9.59 Å². The summed E-state index contributed by atoms with van der Waals surface area (Å²) in [5.41, 5.74) is 2.10. The molecule has 0 aliphatic rings. The smallest absolute Gasteiger partial charge is 0.251 e. The van der Waals surface area contributed by atoms with Gasteiger partial charge >= 0.3 is 0 Å². The van der Waals surface area contributed by atoms with Gasteiger partial charge in [0.1, 0.15) is 11.5 Å². The standard InChI is InChI=1S/C24H32N2O4/c1-3-5-6-16-30-22-17-19(10-13-21(22)26-23(28)7-4-2)24(29)25-15-14-18-8-11-20(27)12-9-18/h8-13,17,27H,3-7,14-16H2,1-2H3,(H,25,29)(H,26,28). The molecule has 0 fully saturated rings. The molecule has 0 spiro atoms. The summed E-state index contributed by atoms with van der Waals surface area (Å²) in [4.78, 5) is 24.6. The fourth-order valence-electron chi connectivity index (χ4n) is 2.95. The van der Waals surface area contributed by atoms with Crippen LogP contribution in [0.4, 0.5) is 5.69 Å². The van der Waals surface area contributed by atoms with Crippen molar-refractivity contribution in [1.29, 1.82) is 0 Å². The number of anilines is 1. The van der Waals surface area contributed by atoms with Crippen LogP contribution in [-0.2, 0) is 11.2 Å². The monoisotopic (exact) mass is 412 g/mol. The zero-order chi connectivity index (χ0) is 21.8. The Morgan fingerprint density at radius 1 is 1.00 bits per heavy atom. The lowest BCUT2D eigenvalue weighted by atomic mass is 10.1. The van der Waals surface area contributed by atoms with E-state index in [1.54, 1.807) is 30.3 Å². The molecule has 0 unspecified atom stereocenters. The highest BCUT2D eigenvalue weighted by Gasteiger charge is 2.13. The Bertz CT molecular complexity index is 818. The van der Waals surface area contributed by atoms with Crippen LogP contribution in [0.2, 0.25) is 0 Å². The molecule has 0 aromatic heterocycles. The van der Waals surface area contributed by atoms with Crippen LogP contribution >= 0.6 is 0 Å². The van der Waals surface area contributed by atoms with Crippen molar-refractivity contribution in [1.82, 2.24) is 5.32 Å². The van der Waals surface area contributed by atoms with Crippen LogP contribution in [0.1, 0.15) is 61.9 Å². The van der Waals surface area contributed by atoms with Crippen LogP contribution in [-0.4, -0.2) is 30.1 Å². The van der Waals surface area contributed by atoms with Gasteiger partial charge in [0.25, 0.3) is 5.91 Å². The SMILES string of the molecule is CCCCCOc1cc(C(=O)NCCc2ccc(O)cc2)ccc1NC(=O)CCC. The molecule has 0 aliphatic heterocycles. The average molecular weight is 413 g/mol. The van der Waals surface area contributed by atoms with Crippen molar-refractivity contribution < 1.29 is 19.4 Å². The van der Waals surface area contributed by atoms with E-state index >= 15 is 0 Å². The van der Waals surface area contributed by atoms with Crippen molar-refractivity contribution >= 4 is 17.5 Å². The fourth-order valence-corrected chi connectivity index (χ4v) is 2.95. The number of aromatic hydroxyl groups is 1. The molecule has 2 amide bonds. The number of unbranched alkanes of at least 4 members (excludes halogenated alkanes) is 2. The Labute approximate surface area is 178 Å². The maximum Gasteiger partial charge on any atom is 0.251 e. The Kier molecular flexibility index (Phi) is 9.71. The van der Waals surface area contributed by atoms with E-state index in [0.29, 0.717) is 43.0 Å². The van der Waals surface area contributed by atoms with Gasteiger partial charge in [0, 0.05) is 18.5 Å². The molecule has 0 saturated heterocycles. The minimum Gasteiger partial charge on any atom is -0.508 e. The molecule has 162 valence electrons. The molecule has 6 heteroatoms. The number of phenolic OH excluding ortho intramolecular Hbond substituents is 1. The summed E-state index contributed by atoms with van der Waals surface area (Å²) in [6.45, 7) is 5.09. The molecule has 6 nitrogen and oxygen atoms in total. The van der Waals surface area contributed by atoms with E-state index in [1.807, 2.05) is 19.1 Å². The predicted molar refractivity (Wildman–Crippen MR) is 119 cm³/mol. The molecule has 0 aliphatic carbocycles. The van der Waals surface area contributed by atoms with E-state index in [1.165, 1.54) is 0 Å². The average Bonchev–Trinajstić information content (AvgIpc) is 2.73. The van der Waals surface area contributed by atoms with Gasteiger partial charge in [0.15, 0.2) is 0 Å². The number of nitrogens with one attached hydrogen (secondary N) is 2. The second kappa shape index (κ2) is 12.5. The normalized spacial score (nSPS) is 10.5. The van der Waals surface area contributed by atoms with Crippen molar-refractivity contribution in [2.24, 2.45) is 0 Å². The van der Waals surface area contributed by atoms with E-state index in [-0.39, 0.29) is 17.6 Å². The summed E-state index contributed by atoms with van der Waals surface area (Å²) in [5.74, 6) is 0.475. The van der Waals surface area contributed by atoms with Crippen LogP contribution in [0.3, 0.4) is 0 Å². The Morgan fingerprint density at radius 3 is 2.47 bits per heavy atom. The van der Waals surface area contributed by atoms with E-state index in [2.05, 4.69) is 17.6 Å². The number of rotatable bonds is 12. The number of carbonyl (C=O) groups excluding carboxylic acids is 2. The third-order valence-corrected chi connectivity index (χ3v) is 4.64. The minimum atomic E-state index is -0.196. The lowest BCUT2D eigenvalue weighted by molar-refractivity contribution is -0.116. The molecular formula is C24H32N2O4. The second-order valence-corrected chi connectivity index (χ2v) is 7.24. The van der Waals surface area contributed by atoms with Crippen molar-refractivity contribution in [3.8, 4) is 11.5 Å². The topological polar surface area (TPSA) is 87.7 Å². The minimum absolute atomic E-state index is 0.0676. The Hall–Kier alpha value is -3.02. The summed E-state index contributed by atoms with van der Waals surface area (Å²) >= 11 is 0. The molecule has 3 N–H and O–H groups in total. The number of phenols is 1. The molecule has 0 radical (unpaired) electrons. The molecule has 0 heterocycles. The molecular weight excluding hydrogens is 380 g/mol. The molecule has 0 atom stereocenters. The third kappa shape index (κ3) is 7.78. The predicted octanol–water partition coefficient (Wildman–Crippen LogP) is 4.67. The van der Waals surface area contributed by atoms with Gasteiger partial charge in [-0.05, 0) is 55.2 Å². The van der Waals surface area contributed by atoms with Gasteiger partial charge in [-0.1, -0.05) is 38.8 Å². The molecule has 0 bridgehead atoms. The van der Waals surface area contributed by atoms with Gasteiger partial charge in [0.2, 0.25) is 5.91 Å². The Balaban J connectivity index is 2.01. The number of benzene rings is 2. The first-order valence-corrected chi connectivity index (χ1v) is 10.7. The van der Waals surface area contributed by atoms with Crippen LogP contribution in [0.25, 0.3) is 0 Å². The second-order valence-electron chi connectivity index (χ2n) is 7.24. The molecule has 2 rings (SSSR count). The highest BCUT2D eigenvalue weighted by Crippen LogP contribution is 2.27. The first kappa shape index (κ1) is 23.3. The summed E-state index contributed by atoms with van der Waals surface area (Å²) < 4.78 is 5.88. The molecule has 2 aromatic carbocycles. The van der Waals surface area contributed by atoms with Gasteiger partial charge in [-0.25, -0.2) is 0 Å². The van der Waals surface area contributed by atoms with E-state index in [4.69, 9.17) is 4.74 Å². The number of ether oxygens (including phenoxy) is 1. The molecule has 30 heavy (non-hydrogen) atoms. The summed E-state index contributed by atoms with van der Waals surface area (Å²) in [6.07, 6.45) is 4.94. The van der Waals surface area contributed by atoms with E-state index < -0.39 is 0 Å². The third-order valence-electron chi connectivity index (χ3n) is 4.64. The summed E-state index contributed by atoms with van der Waals surface area (Å²) in [5, 5.41) is 15.1. The lowest BCUT2D eigenvalue weighted by Gasteiger charge is -2.14. The van der Waals surface area contributed by atoms with E-state index in [0.717, 1.165) is 31.2 Å². The van der Waals surface area contributed by atoms with Crippen molar-refractivity contribution in [2.45, 2.75) is 52.4 Å². The largest absolute Gasteiger partial charge is 0.508 e. The zero-order valence-corrected chi connectivity index (χ0v) is 17.9. The van der Waals surface area contributed by atoms with Gasteiger partial charge < -0.3 is 20.5 Å². The van der Waals surface area contributed by atoms with Crippen molar-refractivity contribution in [2.75, 3.05) is 18.5 Å². The zero-order valence-electron chi connectivity index (χ0n) is 17.9. The summed E-state index contributed by atoms with van der Waals surface area (Å²) in [6, 6.07) is 12.0. The number of carbonyl (C=O) groups is 2. The van der Waals surface area contributed by atoms with Crippen LogP contribution in [0, 0.1) is 0 Å². The van der Waals surface area contributed by atoms with Crippen LogP contribution in [0.5, 0.6) is 11.5 Å². The van der Waals surface area contributed by atoms with Crippen molar-refractivity contribution in [3.05, 3.63) is 53.6 Å². The lowest BCUT2D eigenvalue weighted by Crippen LogP contribution is -2.25. The number of amides is 2. The summed E-state index contributed by atoms with van der Waals surface area (Å²) in [7, 11) is 0. The van der Waals surface area contributed by atoms with Gasteiger partial charge in [-0.15, -0.1) is 0 Å². The van der Waals surface area contributed by atoms with E-state index in [9.17, 15) is 14.7 Å².